The van der Waals surface area contributed by atoms with Crippen molar-refractivity contribution in [2.45, 2.75) is 70.3 Å². The third-order valence-corrected chi connectivity index (χ3v) is 34.0. The van der Waals surface area contributed by atoms with E-state index in [0.29, 0.717) is 7.35 Å². The summed E-state index contributed by atoms with van der Waals surface area (Å²) >= 11 is -3.04. The van der Waals surface area contributed by atoms with Gasteiger partial charge in [-0.2, -0.15) is 0 Å². The molecule has 0 amide bonds. The van der Waals surface area contributed by atoms with Crippen LogP contribution in [0.25, 0.3) is 34.4 Å². The molecule has 1 aliphatic heterocycles. The van der Waals surface area contributed by atoms with E-state index < -0.39 is 28.0 Å². The van der Waals surface area contributed by atoms with E-state index in [1.54, 1.807) is 22.3 Å². The molecule has 1 fully saturated rings. The number of aryl methyl sites for hydroxylation is 4. The second-order valence-electron chi connectivity index (χ2n) is 13.9. The Bertz CT molecular complexity index is 1700. The van der Waals surface area contributed by atoms with Gasteiger partial charge in [0, 0.05) is 0 Å². The number of hydrogen-bond acceptors (Lipinski definition) is 0. The second kappa shape index (κ2) is 9.99. The van der Waals surface area contributed by atoms with Gasteiger partial charge in [-0.05, 0) is 0 Å². The quantitative estimate of drug-likeness (QED) is 0.183. The summed E-state index contributed by atoms with van der Waals surface area (Å²) in [5.74, 6) is 0. The molecule has 0 nitrogen and oxygen atoms in total. The van der Waals surface area contributed by atoms with Crippen LogP contribution in [0.4, 0.5) is 0 Å². The van der Waals surface area contributed by atoms with Crippen LogP contribution in [0.5, 0.6) is 0 Å². The Morgan fingerprint density at radius 3 is 1.40 bits per heavy atom. The number of benzene rings is 4. The van der Waals surface area contributed by atoms with Crippen molar-refractivity contribution < 1.29 is 20.0 Å². The van der Waals surface area contributed by atoms with Gasteiger partial charge in [0.2, 0.25) is 0 Å². The summed E-state index contributed by atoms with van der Waals surface area (Å²) in [7, 11) is -1.89. The van der Waals surface area contributed by atoms with Crippen molar-refractivity contribution in [2.24, 2.45) is 0 Å². The summed E-state index contributed by atoms with van der Waals surface area (Å²) < 4.78 is 6.96. The molecule has 2 heteroatoms. The maximum atomic E-state index is 2.80. The van der Waals surface area contributed by atoms with Gasteiger partial charge in [-0.1, -0.05) is 0 Å². The van der Waals surface area contributed by atoms with Crippen molar-refractivity contribution in [3.63, 3.8) is 0 Å². The summed E-state index contributed by atoms with van der Waals surface area (Å²) in [5.41, 5.74) is 17.6. The third-order valence-electron chi connectivity index (χ3n) is 11.3. The fraction of sp³-hybridized carbons (Fsp3) is 0.300. The van der Waals surface area contributed by atoms with E-state index >= 15 is 0 Å². The van der Waals surface area contributed by atoms with Crippen LogP contribution in [0.2, 0.25) is 21.4 Å². The molecule has 3 aliphatic rings. The van der Waals surface area contributed by atoms with Crippen LogP contribution in [0.15, 0.2) is 83.2 Å². The Morgan fingerprint density at radius 1 is 0.571 bits per heavy atom. The van der Waals surface area contributed by atoms with Crippen LogP contribution >= 0.6 is 0 Å². The number of fused-ring (bicyclic) bond motifs is 6. The minimum absolute atomic E-state index is 0.682. The van der Waals surface area contributed by atoms with E-state index in [0.717, 1.165) is 0 Å². The van der Waals surface area contributed by atoms with Gasteiger partial charge in [-0.25, -0.2) is 0 Å². The van der Waals surface area contributed by atoms with Crippen LogP contribution in [-0.2, 0) is 20.0 Å². The number of rotatable bonds is 4. The van der Waals surface area contributed by atoms with Crippen LogP contribution in [0, 0.1) is 27.7 Å². The molecule has 2 atom stereocenters. The summed E-state index contributed by atoms with van der Waals surface area (Å²) in [6.45, 7) is 14.1. The van der Waals surface area contributed by atoms with Crippen molar-refractivity contribution in [2.75, 3.05) is 0 Å². The second-order valence-corrected chi connectivity index (χ2v) is 35.9. The van der Waals surface area contributed by atoms with Gasteiger partial charge in [-0.15, -0.1) is 0 Å². The first kappa shape index (κ1) is 28.2. The zero-order valence-corrected chi connectivity index (χ0v) is 31.2. The minimum atomic E-state index is -3.04. The molecule has 0 bridgehead atoms. The van der Waals surface area contributed by atoms with E-state index in [2.05, 4.69) is 136 Å². The zero-order chi connectivity index (χ0) is 29.6. The molecule has 2 aliphatic carbocycles. The van der Waals surface area contributed by atoms with Gasteiger partial charge in [0.15, 0.2) is 0 Å². The molecule has 4 aromatic carbocycles. The van der Waals surface area contributed by atoms with E-state index in [9.17, 15) is 0 Å². The van der Waals surface area contributed by atoms with Crippen LogP contribution < -0.4 is 0 Å². The molecule has 0 radical (unpaired) electrons. The molecule has 0 spiro atoms. The Kier molecular flexibility index (Phi) is 6.72. The van der Waals surface area contributed by atoms with E-state index in [4.69, 9.17) is 0 Å². The first-order chi connectivity index (χ1) is 20.1. The first-order valence-corrected chi connectivity index (χ1v) is 29.7. The fourth-order valence-corrected chi connectivity index (χ4v) is 41.1. The first-order valence-electron chi connectivity index (χ1n) is 16.0. The van der Waals surface area contributed by atoms with E-state index in [1.165, 1.54) is 56.6 Å². The standard InChI is InChI=1S/C38H38Si.2CH3.Hf/c1-7-39(8-2,31-21-29-11-9-13-33(37(29)23-31)35-19-25(3)15-17-27(35)5)32-22-30-12-10-14-34(38(30)24-32)36-20-26(4)16-18-28(36)6;;;/h9-24H,7-8H2,1-6H3;2*1H3;. The Hall–Kier alpha value is -2.55. The number of hydrogen-bond donors (Lipinski definition) is 0. The van der Waals surface area contributed by atoms with Crippen molar-refractivity contribution in [3.05, 3.63) is 128 Å². The van der Waals surface area contributed by atoms with Crippen molar-refractivity contribution >= 4 is 20.2 Å². The van der Waals surface area contributed by atoms with E-state index in [-0.39, 0.29) is 0 Å². The maximum absolute atomic E-state index is 3.04. The predicted octanol–water partition coefficient (Wildman–Crippen LogP) is 11.7. The molecule has 1 saturated heterocycles. The summed E-state index contributed by atoms with van der Waals surface area (Å²) in [4.78, 5) is 0. The van der Waals surface area contributed by atoms with Crippen molar-refractivity contribution in [3.8, 4) is 22.3 Å². The van der Waals surface area contributed by atoms with Crippen LogP contribution in [0.3, 0.4) is 0 Å². The van der Waals surface area contributed by atoms with Crippen LogP contribution in [0.1, 0.15) is 65.7 Å². The fourth-order valence-electron chi connectivity index (χ4n) is 9.16. The average Bonchev–Trinajstić information content (AvgIpc) is 3.58. The Balaban J connectivity index is 1.48. The van der Waals surface area contributed by atoms with Gasteiger partial charge in [0.1, 0.15) is 0 Å². The number of allylic oxidation sites excluding steroid dienone is 2. The molecule has 212 valence electrons. The summed E-state index contributed by atoms with van der Waals surface area (Å²) in [6, 6.07) is 31.1. The SMILES string of the molecule is CC[Si]1(CC)C2=Cc3c(-c4cc(C)ccc4C)cccc3[CH]2[Hf]([CH3])([CH3])[CH]2C1=Cc1c(-c3cc(C)ccc3C)cccc12. The summed E-state index contributed by atoms with van der Waals surface area (Å²) in [6.07, 6.45) is 5.51. The molecule has 0 N–H and O–H groups in total. The van der Waals surface area contributed by atoms with Gasteiger partial charge in [-0.3, -0.25) is 0 Å². The molecule has 2 unspecified atom stereocenters. The monoisotopic (exact) mass is 732 g/mol. The molecule has 0 saturated carbocycles. The average molecular weight is 731 g/mol. The van der Waals surface area contributed by atoms with Gasteiger partial charge < -0.3 is 0 Å². The topological polar surface area (TPSA) is 0 Å². The molecule has 42 heavy (non-hydrogen) atoms. The van der Waals surface area contributed by atoms with E-state index in [1.807, 2.05) is 10.4 Å². The van der Waals surface area contributed by atoms with Gasteiger partial charge in [0.25, 0.3) is 0 Å². The van der Waals surface area contributed by atoms with Gasteiger partial charge in [0.05, 0.1) is 0 Å². The molecule has 7 rings (SSSR count). The van der Waals surface area contributed by atoms with Crippen LogP contribution in [-0.4, -0.2) is 8.07 Å². The molecule has 1 heterocycles. The molecule has 4 aromatic rings. The predicted molar refractivity (Wildman–Crippen MR) is 183 cm³/mol. The van der Waals surface area contributed by atoms with Crippen molar-refractivity contribution in [1.29, 1.82) is 0 Å². The third kappa shape index (κ3) is 3.87. The normalized spacial score (nSPS) is 20.8. The molecular weight excluding hydrogens is 687 g/mol. The van der Waals surface area contributed by atoms with Gasteiger partial charge >= 0.3 is 260 Å². The zero-order valence-electron chi connectivity index (χ0n) is 26.7. The van der Waals surface area contributed by atoms with Crippen molar-refractivity contribution in [1.82, 2.24) is 0 Å². The Morgan fingerprint density at radius 2 is 1.00 bits per heavy atom. The Labute approximate surface area is 258 Å². The summed E-state index contributed by atoms with van der Waals surface area (Å²) in [5, 5.41) is 3.77. The molecule has 0 aromatic heterocycles. The molecular formula is C40H44HfSi.